The molecule has 0 atom stereocenters. The third-order valence-corrected chi connectivity index (χ3v) is 6.25. The van der Waals surface area contributed by atoms with Gasteiger partial charge in [0.2, 0.25) is 0 Å². The molecule has 0 saturated carbocycles. The molecular formula is C28H35N3O5. The molecule has 36 heavy (non-hydrogen) atoms. The largest absolute Gasteiger partial charge is 0.490 e. The SMILES string of the molecule is CCOC(=O)CNC(=O)c1ccc(C2=NC(C)(C)Cc3cc(OCC)c4c(c32)CC(C)(C)O4)cc1N. The Bertz CT molecular complexity index is 1250. The lowest BCUT2D eigenvalue weighted by Gasteiger charge is -2.31. The van der Waals surface area contributed by atoms with Crippen LogP contribution in [0, 0.1) is 0 Å². The Morgan fingerprint density at radius 1 is 1.11 bits per heavy atom. The quantitative estimate of drug-likeness (QED) is 0.448. The van der Waals surface area contributed by atoms with Crippen LogP contribution in [0.5, 0.6) is 11.5 Å². The molecule has 8 nitrogen and oxygen atoms in total. The number of carbonyl (C=O) groups excluding carboxylic acids is 2. The van der Waals surface area contributed by atoms with Gasteiger partial charge in [-0.3, -0.25) is 14.6 Å². The molecule has 2 aromatic rings. The van der Waals surface area contributed by atoms with E-state index < -0.39 is 11.9 Å². The van der Waals surface area contributed by atoms with Crippen molar-refractivity contribution in [3.63, 3.8) is 0 Å². The van der Waals surface area contributed by atoms with Crippen LogP contribution >= 0.6 is 0 Å². The van der Waals surface area contributed by atoms with Crippen molar-refractivity contribution in [3.05, 3.63) is 52.1 Å². The molecule has 0 saturated heterocycles. The standard InChI is InChI=1S/C28H35N3O5/c1-7-34-21-12-17-13-27(3,4)31-24(23(17)19-14-28(5,6)36-25(19)21)16-9-10-18(20(29)11-16)26(33)30-15-22(32)35-8-2/h9-12H,7-8,13-15,29H2,1-6H3,(H,30,33). The van der Waals surface area contributed by atoms with E-state index >= 15 is 0 Å². The Kier molecular flexibility index (Phi) is 6.73. The highest BCUT2D eigenvalue weighted by atomic mass is 16.5. The van der Waals surface area contributed by atoms with Crippen LogP contribution in [0.2, 0.25) is 0 Å². The van der Waals surface area contributed by atoms with E-state index in [-0.39, 0.29) is 24.3 Å². The molecule has 0 spiro atoms. The van der Waals surface area contributed by atoms with E-state index in [0.29, 0.717) is 17.9 Å². The minimum absolute atomic E-state index is 0.216. The summed E-state index contributed by atoms with van der Waals surface area (Å²) in [6, 6.07) is 7.37. The van der Waals surface area contributed by atoms with Crippen LogP contribution in [0.1, 0.15) is 74.2 Å². The van der Waals surface area contributed by atoms with Gasteiger partial charge in [0.05, 0.1) is 30.0 Å². The number of aliphatic imine (C=N–C) groups is 1. The van der Waals surface area contributed by atoms with Crippen molar-refractivity contribution < 1.29 is 23.8 Å². The first kappa shape index (κ1) is 25.5. The summed E-state index contributed by atoms with van der Waals surface area (Å²) in [4.78, 5) is 29.4. The summed E-state index contributed by atoms with van der Waals surface area (Å²) in [5.41, 5.74) is 11.2. The molecule has 2 aliphatic heterocycles. The molecule has 192 valence electrons. The molecule has 0 bridgehead atoms. The molecule has 0 unspecified atom stereocenters. The number of nitrogens with two attached hydrogens (primary N) is 1. The van der Waals surface area contributed by atoms with E-state index in [1.54, 1.807) is 19.1 Å². The average molecular weight is 494 g/mol. The second-order valence-electron chi connectivity index (χ2n) is 10.4. The van der Waals surface area contributed by atoms with Crippen LogP contribution in [0.3, 0.4) is 0 Å². The first-order valence-electron chi connectivity index (χ1n) is 12.4. The minimum Gasteiger partial charge on any atom is -0.490 e. The van der Waals surface area contributed by atoms with Gasteiger partial charge in [0.15, 0.2) is 11.5 Å². The van der Waals surface area contributed by atoms with E-state index in [1.807, 2.05) is 13.0 Å². The maximum absolute atomic E-state index is 12.6. The van der Waals surface area contributed by atoms with Crippen molar-refractivity contribution in [1.29, 1.82) is 0 Å². The molecule has 0 fully saturated rings. The number of benzene rings is 2. The van der Waals surface area contributed by atoms with Crippen LogP contribution in [0.25, 0.3) is 0 Å². The lowest BCUT2D eigenvalue weighted by atomic mass is 9.80. The van der Waals surface area contributed by atoms with Crippen LogP contribution in [-0.2, 0) is 22.4 Å². The minimum atomic E-state index is -0.498. The molecule has 2 aromatic carbocycles. The fraction of sp³-hybridized carbons (Fsp3) is 0.464. The van der Waals surface area contributed by atoms with Gasteiger partial charge >= 0.3 is 5.97 Å². The molecule has 0 aliphatic carbocycles. The number of nitrogens with zero attached hydrogens (tertiary/aromatic N) is 1. The van der Waals surface area contributed by atoms with Gasteiger partial charge in [-0.25, -0.2) is 0 Å². The summed E-state index contributed by atoms with van der Waals surface area (Å²) in [5.74, 6) is 0.607. The highest BCUT2D eigenvalue weighted by molar-refractivity contribution is 6.17. The molecule has 0 radical (unpaired) electrons. The summed E-state index contributed by atoms with van der Waals surface area (Å²) < 4.78 is 17.2. The van der Waals surface area contributed by atoms with Crippen LogP contribution in [0.15, 0.2) is 29.3 Å². The van der Waals surface area contributed by atoms with Crippen molar-refractivity contribution in [3.8, 4) is 11.5 Å². The van der Waals surface area contributed by atoms with Gasteiger partial charge in [-0.05, 0) is 71.7 Å². The zero-order valence-corrected chi connectivity index (χ0v) is 21.9. The maximum Gasteiger partial charge on any atom is 0.325 e. The zero-order valence-electron chi connectivity index (χ0n) is 21.9. The Labute approximate surface area is 212 Å². The molecule has 4 rings (SSSR count). The maximum atomic E-state index is 12.6. The molecule has 1 amide bonds. The summed E-state index contributed by atoms with van der Waals surface area (Å²) in [5, 5.41) is 2.56. The topological polar surface area (TPSA) is 112 Å². The van der Waals surface area contributed by atoms with E-state index in [9.17, 15) is 9.59 Å². The number of carbonyl (C=O) groups is 2. The van der Waals surface area contributed by atoms with Crippen LogP contribution in [0.4, 0.5) is 5.69 Å². The smallest absolute Gasteiger partial charge is 0.325 e. The number of nitrogens with one attached hydrogen (secondary N) is 1. The first-order chi connectivity index (χ1) is 16.9. The predicted molar refractivity (Wildman–Crippen MR) is 139 cm³/mol. The zero-order chi connectivity index (χ0) is 26.3. The Morgan fingerprint density at radius 2 is 1.86 bits per heavy atom. The van der Waals surface area contributed by atoms with Crippen LogP contribution in [-0.4, -0.2) is 48.5 Å². The summed E-state index contributed by atoms with van der Waals surface area (Å²) in [7, 11) is 0. The molecule has 0 aromatic heterocycles. The van der Waals surface area contributed by atoms with Gasteiger partial charge in [-0.1, -0.05) is 6.07 Å². The normalized spacial score (nSPS) is 16.8. The molecule has 3 N–H and O–H groups in total. The van der Waals surface area contributed by atoms with Gasteiger partial charge < -0.3 is 25.3 Å². The van der Waals surface area contributed by atoms with Crippen molar-refractivity contribution in [1.82, 2.24) is 5.32 Å². The first-order valence-corrected chi connectivity index (χ1v) is 12.4. The van der Waals surface area contributed by atoms with Crippen molar-refractivity contribution in [2.75, 3.05) is 25.5 Å². The highest BCUT2D eigenvalue weighted by Gasteiger charge is 2.39. The number of hydrogen-bond acceptors (Lipinski definition) is 7. The third-order valence-electron chi connectivity index (χ3n) is 6.25. The fourth-order valence-corrected chi connectivity index (χ4v) is 4.92. The van der Waals surface area contributed by atoms with E-state index in [4.69, 9.17) is 24.9 Å². The van der Waals surface area contributed by atoms with Gasteiger partial charge in [-0.15, -0.1) is 0 Å². The van der Waals surface area contributed by atoms with Crippen LogP contribution < -0.4 is 20.5 Å². The Balaban J connectivity index is 1.75. The highest BCUT2D eigenvalue weighted by Crippen LogP contribution is 2.48. The lowest BCUT2D eigenvalue weighted by molar-refractivity contribution is -0.141. The van der Waals surface area contributed by atoms with Gasteiger partial charge in [0, 0.05) is 28.8 Å². The summed E-state index contributed by atoms with van der Waals surface area (Å²) in [6.45, 7) is 12.6. The number of amides is 1. The van der Waals surface area contributed by atoms with Gasteiger partial charge in [0.1, 0.15) is 12.1 Å². The molecule has 2 heterocycles. The Morgan fingerprint density at radius 3 is 2.53 bits per heavy atom. The van der Waals surface area contributed by atoms with Gasteiger partial charge in [-0.2, -0.15) is 0 Å². The third kappa shape index (κ3) is 5.03. The van der Waals surface area contributed by atoms with E-state index in [1.165, 1.54) is 0 Å². The van der Waals surface area contributed by atoms with Crippen molar-refractivity contribution in [2.24, 2.45) is 4.99 Å². The number of rotatable bonds is 7. The number of hydrogen-bond donors (Lipinski definition) is 2. The van der Waals surface area contributed by atoms with E-state index in [0.717, 1.165) is 52.3 Å². The monoisotopic (exact) mass is 493 g/mol. The van der Waals surface area contributed by atoms with Gasteiger partial charge in [0.25, 0.3) is 5.91 Å². The Hall–Kier alpha value is -3.55. The lowest BCUT2D eigenvalue weighted by Crippen LogP contribution is -2.32. The molecular weight excluding hydrogens is 458 g/mol. The molecule has 2 aliphatic rings. The second-order valence-corrected chi connectivity index (χ2v) is 10.4. The number of esters is 1. The summed E-state index contributed by atoms with van der Waals surface area (Å²) in [6.07, 6.45) is 1.50. The van der Waals surface area contributed by atoms with Crippen molar-refractivity contribution >= 4 is 23.3 Å². The summed E-state index contributed by atoms with van der Waals surface area (Å²) >= 11 is 0. The molecule has 8 heteroatoms. The fourth-order valence-electron chi connectivity index (χ4n) is 4.92. The second kappa shape index (κ2) is 9.48. The van der Waals surface area contributed by atoms with E-state index in [2.05, 4.69) is 39.1 Å². The number of anilines is 1. The predicted octanol–water partition coefficient (Wildman–Crippen LogP) is 3.85. The van der Waals surface area contributed by atoms with Crippen molar-refractivity contribution in [2.45, 2.75) is 65.5 Å². The number of fused-ring (bicyclic) bond motifs is 3. The number of nitrogen functional groups attached to an aromatic ring is 1. The average Bonchev–Trinajstić information content (AvgIpc) is 3.11. The number of ether oxygens (including phenoxy) is 3.